The van der Waals surface area contributed by atoms with Crippen molar-refractivity contribution in [2.45, 2.75) is 59.2 Å². The molecular weight excluding hydrogens is 278 g/mol. The second-order valence-corrected chi connectivity index (χ2v) is 6.25. The number of nitrogens with one attached hydrogen (secondary N) is 1. The van der Waals surface area contributed by atoms with Crippen LogP contribution in [0.1, 0.15) is 46.1 Å². The number of aliphatic carboxylic acids is 1. The van der Waals surface area contributed by atoms with Crippen LogP contribution in [0, 0.1) is 5.92 Å². The summed E-state index contributed by atoms with van der Waals surface area (Å²) >= 11 is 0. The number of aromatic nitrogens is 1. The predicted molar refractivity (Wildman–Crippen MR) is 90.1 cm³/mol. The summed E-state index contributed by atoms with van der Waals surface area (Å²) in [5.74, 6) is 0.534. The summed E-state index contributed by atoms with van der Waals surface area (Å²) in [6.45, 7) is 8.91. The summed E-state index contributed by atoms with van der Waals surface area (Å²) in [7, 11) is 2.01. The Bertz CT molecular complexity index is 459. The van der Waals surface area contributed by atoms with E-state index in [4.69, 9.17) is 0 Å². The fourth-order valence-electron chi connectivity index (χ4n) is 2.08. The van der Waals surface area contributed by atoms with E-state index in [-0.39, 0.29) is 0 Å². The van der Waals surface area contributed by atoms with E-state index in [1.807, 2.05) is 25.4 Å². The van der Waals surface area contributed by atoms with Gasteiger partial charge in [0.2, 0.25) is 0 Å². The molecule has 0 spiro atoms. The van der Waals surface area contributed by atoms with Gasteiger partial charge in [0.05, 0.1) is 0 Å². The van der Waals surface area contributed by atoms with Crippen molar-refractivity contribution >= 4 is 11.8 Å². The Balaban J connectivity index is 2.60. The van der Waals surface area contributed by atoms with Crippen LogP contribution in [-0.4, -0.2) is 35.2 Å². The Labute approximate surface area is 133 Å². The minimum absolute atomic E-state index is 0.392. The third-order valence-electron chi connectivity index (χ3n) is 4.13. The van der Waals surface area contributed by atoms with E-state index in [0.29, 0.717) is 24.9 Å². The zero-order valence-corrected chi connectivity index (χ0v) is 14.3. The van der Waals surface area contributed by atoms with E-state index in [1.54, 1.807) is 0 Å². The second-order valence-electron chi connectivity index (χ2n) is 6.25. The third kappa shape index (κ3) is 5.64. The molecule has 22 heavy (non-hydrogen) atoms. The Kier molecular flexibility index (Phi) is 7.32. The lowest BCUT2D eigenvalue weighted by Crippen LogP contribution is -2.37. The molecule has 1 aromatic heterocycles. The van der Waals surface area contributed by atoms with Gasteiger partial charge in [0.15, 0.2) is 0 Å². The van der Waals surface area contributed by atoms with Gasteiger partial charge in [-0.05, 0) is 37.8 Å². The van der Waals surface area contributed by atoms with Gasteiger partial charge in [-0.15, -0.1) is 0 Å². The highest BCUT2D eigenvalue weighted by atomic mass is 16.4. The van der Waals surface area contributed by atoms with Gasteiger partial charge in [-0.25, -0.2) is 4.98 Å². The molecule has 5 heteroatoms. The van der Waals surface area contributed by atoms with E-state index in [2.05, 4.69) is 42.9 Å². The molecule has 0 saturated heterocycles. The number of carboxylic acids is 1. The molecule has 0 amide bonds. The normalized spacial score (nSPS) is 13.9. The molecule has 0 radical (unpaired) electrons. The van der Waals surface area contributed by atoms with Gasteiger partial charge >= 0.3 is 5.97 Å². The Hall–Kier alpha value is -1.62. The van der Waals surface area contributed by atoms with Gasteiger partial charge in [-0.1, -0.05) is 26.3 Å². The summed E-state index contributed by atoms with van der Waals surface area (Å²) in [5.41, 5.74) is 0.997. The SMILES string of the molecule is CCC(C)CC(NCc1ccc(N(C)C(C)C)nc1)C(=O)O. The summed E-state index contributed by atoms with van der Waals surface area (Å²) in [6, 6.07) is 3.86. The largest absolute Gasteiger partial charge is 0.480 e. The van der Waals surface area contributed by atoms with Crippen LogP contribution < -0.4 is 10.2 Å². The summed E-state index contributed by atoms with van der Waals surface area (Å²) in [6.07, 6.45) is 3.44. The van der Waals surface area contributed by atoms with Crippen molar-refractivity contribution in [3.05, 3.63) is 23.9 Å². The first-order valence-corrected chi connectivity index (χ1v) is 7.99. The molecule has 0 aliphatic rings. The van der Waals surface area contributed by atoms with Crippen LogP contribution in [0.5, 0.6) is 0 Å². The van der Waals surface area contributed by atoms with Gasteiger partial charge < -0.3 is 15.3 Å². The first-order chi connectivity index (χ1) is 10.3. The van der Waals surface area contributed by atoms with E-state index in [0.717, 1.165) is 17.8 Å². The number of carbonyl (C=O) groups is 1. The van der Waals surface area contributed by atoms with E-state index >= 15 is 0 Å². The molecule has 2 atom stereocenters. The molecule has 1 rings (SSSR count). The summed E-state index contributed by atoms with van der Waals surface area (Å²) in [4.78, 5) is 17.8. The monoisotopic (exact) mass is 307 g/mol. The summed E-state index contributed by atoms with van der Waals surface area (Å²) in [5, 5.41) is 12.4. The minimum atomic E-state index is -0.788. The fraction of sp³-hybridized carbons (Fsp3) is 0.647. The fourth-order valence-corrected chi connectivity index (χ4v) is 2.08. The van der Waals surface area contributed by atoms with Gasteiger partial charge in [-0.3, -0.25) is 4.79 Å². The van der Waals surface area contributed by atoms with Crippen LogP contribution in [0.3, 0.4) is 0 Å². The average molecular weight is 307 g/mol. The van der Waals surface area contributed by atoms with Crippen LogP contribution in [-0.2, 0) is 11.3 Å². The highest BCUT2D eigenvalue weighted by molar-refractivity contribution is 5.73. The van der Waals surface area contributed by atoms with Crippen molar-refractivity contribution in [3.8, 4) is 0 Å². The number of pyridine rings is 1. The smallest absolute Gasteiger partial charge is 0.320 e. The van der Waals surface area contributed by atoms with Gasteiger partial charge in [0, 0.05) is 25.8 Å². The standard InChI is InChI=1S/C17H29N3O2/c1-6-13(4)9-15(17(21)22)18-10-14-7-8-16(19-11-14)20(5)12(2)3/h7-8,11-13,15,18H,6,9-10H2,1-5H3,(H,21,22). The number of rotatable bonds is 9. The maximum atomic E-state index is 11.3. The first-order valence-electron chi connectivity index (χ1n) is 7.99. The Morgan fingerprint density at radius 1 is 1.36 bits per heavy atom. The molecule has 0 aliphatic carbocycles. The summed E-state index contributed by atoms with van der Waals surface area (Å²) < 4.78 is 0. The molecule has 0 bridgehead atoms. The number of hydrogen-bond donors (Lipinski definition) is 2. The lowest BCUT2D eigenvalue weighted by atomic mass is 9.99. The third-order valence-corrected chi connectivity index (χ3v) is 4.13. The number of carboxylic acid groups (broad SMARTS) is 1. The van der Waals surface area contributed by atoms with Crippen molar-refractivity contribution in [2.24, 2.45) is 5.92 Å². The molecule has 0 aliphatic heterocycles. The quantitative estimate of drug-likeness (QED) is 0.734. The molecule has 2 unspecified atom stereocenters. The lowest BCUT2D eigenvalue weighted by Gasteiger charge is -2.22. The van der Waals surface area contributed by atoms with Crippen molar-refractivity contribution < 1.29 is 9.90 Å². The van der Waals surface area contributed by atoms with Gasteiger partial charge in [-0.2, -0.15) is 0 Å². The molecular formula is C17H29N3O2. The van der Waals surface area contributed by atoms with E-state index < -0.39 is 12.0 Å². The Morgan fingerprint density at radius 2 is 2.05 bits per heavy atom. The van der Waals surface area contributed by atoms with Crippen LogP contribution in [0.2, 0.25) is 0 Å². The molecule has 124 valence electrons. The second kappa shape index (κ2) is 8.73. The molecule has 0 fully saturated rings. The van der Waals surface area contributed by atoms with Crippen LogP contribution >= 0.6 is 0 Å². The molecule has 1 aromatic rings. The van der Waals surface area contributed by atoms with Crippen molar-refractivity contribution in [3.63, 3.8) is 0 Å². The highest BCUT2D eigenvalue weighted by Crippen LogP contribution is 2.13. The maximum Gasteiger partial charge on any atom is 0.320 e. The topological polar surface area (TPSA) is 65.5 Å². The molecule has 0 saturated carbocycles. The van der Waals surface area contributed by atoms with Crippen LogP contribution in [0.25, 0.3) is 0 Å². The number of hydrogen-bond acceptors (Lipinski definition) is 4. The Morgan fingerprint density at radius 3 is 2.50 bits per heavy atom. The zero-order chi connectivity index (χ0) is 16.7. The highest BCUT2D eigenvalue weighted by Gasteiger charge is 2.19. The van der Waals surface area contributed by atoms with Crippen molar-refractivity contribution in [2.75, 3.05) is 11.9 Å². The zero-order valence-electron chi connectivity index (χ0n) is 14.3. The van der Waals surface area contributed by atoms with Crippen LogP contribution in [0.4, 0.5) is 5.82 Å². The average Bonchev–Trinajstić information content (AvgIpc) is 2.50. The molecule has 1 heterocycles. The van der Waals surface area contributed by atoms with E-state index in [9.17, 15) is 9.90 Å². The lowest BCUT2D eigenvalue weighted by molar-refractivity contribution is -0.140. The molecule has 0 aromatic carbocycles. The van der Waals surface area contributed by atoms with Crippen molar-refractivity contribution in [1.29, 1.82) is 0 Å². The molecule has 2 N–H and O–H groups in total. The van der Waals surface area contributed by atoms with Gasteiger partial charge in [0.1, 0.15) is 11.9 Å². The number of nitrogens with zero attached hydrogens (tertiary/aromatic N) is 2. The first kappa shape index (κ1) is 18.4. The number of anilines is 1. The molecule has 5 nitrogen and oxygen atoms in total. The predicted octanol–water partition coefficient (Wildman–Crippen LogP) is 2.91. The van der Waals surface area contributed by atoms with E-state index in [1.165, 1.54) is 0 Å². The maximum absolute atomic E-state index is 11.3. The van der Waals surface area contributed by atoms with Crippen LogP contribution in [0.15, 0.2) is 18.3 Å². The van der Waals surface area contributed by atoms with Gasteiger partial charge in [0.25, 0.3) is 0 Å². The van der Waals surface area contributed by atoms with Crippen molar-refractivity contribution in [1.82, 2.24) is 10.3 Å². The minimum Gasteiger partial charge on any atom is -0.480 e.